The second-order valence-corrected chi connectivity index (χ2v) is 7.39. The summed E-state index contributed by atoms with van der Waals surface area (Å²) >= 11 is 17.7. The zero-order chi connectivity index (χ0) is 20.2. The fraction of sp³-hybridized carbons (Fsp3) is 0.529. The summed E-state index contributed by atoms with van der Waals surface area (Å²) in [6.45, 7) is 0.126. The van der Waals surface area contributed by atoms with Crippen LogP contribution in [0.25, 0.3) is 0 Å². The highest BCUT2D eigenvalue weighted by Gasteiger charge is 2.44. The highest BCUT2D eigenvalue weighted by molar-refractivity contribution is 6.42. The highest BCUT2D eigenvalue weighted by Crippen LogP contribution is 2.30. The van der Waals surface area contributed by atoms with Crippen LogP contribution in [0.5, 0.6) is 0 Å². The Hall–Kier alpha value is -1.18. The summed E-state index contributed by atoms with van der Waals surface area (Å²) in [6.07, 6.45) is -4.03. The van der Waals surface area contributed by atoms with Crippen LogP contribution >= 0.6 is 34.8 Å². The molecule has 0 atom stereocenters. The number of nitrogens with zero attached hydrogens (tertiary/aromatic N) is 2. The van der Waals surface area contributed by atoms with Gasteiger partial charge >= 0.3 is 12.1 Å². The second kappa shape index (κ2) is 9.34. The van der Waals surface area contributed by atoms with Gasteiger partial charge in [-0.25, -0.2) is 0 Å². The van der Waals surface area contributed by atoms with Gasteiger partial charge in [-0.3, -0.25) is 9.59 Å². The monoisotopic (exact) mass is 444 g/mol. The molecule has 1 aromatic carbocycles. The minimum Gasteiger partial charge on any atom is -0.335 e. The molecule has 150 valence electrons. The molecule has 0 radical (unpaired) electrons. The van der Waals surface area contributed by atoms with Gasteiger partial charge in [0.1, 0.15) is 0 Å². The maximum Gasteiger partial charge on any atom is 0.471 e. The zero-order valence-corrected chi connectivity index (χ0v) is 16.5. The van der Waals surface area contributed by atoms with E-state index in [-0.39, 0.29) is 31.8 Å². The molecule has 0 saturated carbocycles. The van der Waals surface area contributed by atoms with Crippen molar-refractivity contribution in [2.24, 2.45) is 5.92 Å². The minimum absolute atomic E-state index is 0.112. The number of rotatable bonds is 5. The highest BCUT2D eigenvalue weighted by atomic mass is 35.5. The number of anilines is 1. The van der Waals surface area contributed by atoms with Crippen molar-refractivity contribution in [2.75, 3.05) is 30.4 Å². The summed E-state index contributed by atoms with van der Waals surface area (Å²) in [5.41, 5.74) is 0.549. The standard InChI is InChI=1S/C17H18Cl3F3N2O2/c18-6-1-7-25(12-2-3-13(19)14(20)10-12)15(26)11-4-8-24(9-5-11)16(27)17(21,22)23/h2-3,10-11H,1,4-9H2. The van der Waals surface area contributed by atoms with E-state index >= 15 is 0 Å². The molecule has 27 heavy (non-hydrogen) atoms. The van der Waals surface area contributed by atoms with Crippen LogP contribution in [0.2, 0.25) is 10.0 Å². The number of benzene rings is 1. The molecule has 0 spiro atoms. The normalized spacial score (nSPS) is 15.7. The van der Waals surface area contributed by atoms with Crippen LogP contribution in [0.1, 0.15) is 19.3 Å². The first-order valence-corrected chi connectivity index (χ1v) is 9.62. The number of halogens is 6. The summed E-state index contributed by atoms with van der Waals surface area (Å²) in [4.78, 5) is 26.5. The Morgan fingerprint density at radius 2 is 1.78 bits per heavy atom. The van der Waals surface area contributed by atoms with Crippen LogP contribution in [0.4, 0.5) is 18.9 Å². The maximum atomic E-state index is 13.0. The third-order valence-electron chi connectivity index (χ3n) is 4.37. The van der Waals surface area contributed by atoms with Gasteiger partial charge in [0.05, 0.1) is 10.0 Å². The van der Waals surface area contributed by atoms with E-state index in [1.54, 1.807) is 18.2 Å². The number of amides is 2. The Morgan fingerprint density at radius 3 is 2.30 bits per heavy atom. The van der Waals surface area contributed by atoms with Crippen LogP contribution in [0, 0.1) is 5.92 Å². The smallest absolute Gasteiger partial charge is 0.335 e. The van der Waals surface area contributed by atoms with E-state index in [0.717, 1.165) is 4.90 Å². The predicted molar refractivity (Wildman–Crippen MR) is 99.5 cm³/mol. The molecule has 4 nitrogen and oxygen atoms in total. The van der Waals surface area contributed by atoms with E-state index in [1.165, 1.54) is 4.90 Å². The number of hydrogen-bond donors (Lipinski definition) is 0. The minimum atomic E-state index is -4.90. The van der Waals surface area contributed by atoms with E-state index in [2.05, 4.69) is 0 Å². The van der Waals surface area contributed by atoms with Crippen LogP contribution in [0.15, 0.2) is 18.2 Å². The van der Waals surface area contributed by atoms with Gasteiger partial charge in [-0.2, -0.15) is 13.2 Å². The Labute approximate surface area is 170 Å². The average molecular weight is 446 g/mol. The van der Waals surface area contributed by atoms with Crippen LogP contribution in [0.3, 0.4) is 0 Å². The molecule has 0 aromatic heterocycles. The fourth-order valence-corrected chi connectivity index (χ4v) is 3.38. The number of piperidine rings is 1. The molecule has 1 heterocycles. The molecule has 2 rings (SSSR count). The van der Waals surface area contributed by atoms with Crippen molar-refractivity contribution in [3.63, 3.8) is 0 Å². The molecule has 0 unspecified atom stereocenters. The maximum absolute atomic E-state index is 13.0. The van der Waals surface area contributed by atoms with Crippen molar-refractivity contribution < 1.29 is 22.8 Å². The molecule has 0 N–H and O–H groups in total. The topological polar surface area (TPSA) is 40.6 Å². The molecule has 1 aromatic rings. The van der Waals surface area contributed by atoms with Crippen LogP contribution in [-0.2, 0) is 9.59 Å². The van der Waals surface area contributed by atoms with Gasteiger partial charge in [0.15, 0.2) is 0 Å². The predicted octanol–water partition coefficient (Wildman–Crippen LogP) is 4.76. The molecule has 0 aliphatic carbocycles. The zero-order valence-electron chi connectivity index (χ0n) is 14.2. The first-order valence-electron chi connectivity index (χ1n) is 8.33. The summed E-state index contributed by atoms with van der Waals surface area (Å²) in [5.74, 6) is -2.22. The molecule has 2 amide bonds. The Bertz CT molecular complexity index is 692. The SMILES string of the molecule is O=C(C1CCN(C(=O)C(F)(F)F)CC1)N(CCCCl)c1ccc(Cl)c(Cl)c1. The van der Waals surface area contributed by atoms with E-state index in [9.17, 15) is 22.8 Å². The lowest BCUT2D eigenvalue weighted by Gasteiger charge is -2.34. The number of likely N-dealkylation sites (tertiary alicyclic amines) is 1. The van der Waals surface area contributed by atoms with Gasteiger partial charge in [0.25, 0.3) is 0 Å². The van der Waals surface area contributed by atoms with E-state index in [1.807, 2.05) is 0 Å². The van der Waals surface area contributed by atoms with Gasteiger partial charge in [0, 0.05) is 37.1 Å². The molecule has 1 fully saturated rings. The molecule has 10 heteroatoms. The first kappa shape index (κ1) is 22.1. The lowest BCUT2D eigenvalue weighted by atomic mass is 9.94. The summed E-state index contributed by atoms with van der Waals surface area (Å²) < 4.78 is 37.6. The third kappa shape index (κ3) is 5.65. The van der Waals surface area contributed by atoms with Crippen LogP contribution in [-0.4, -0.2) is 48.4 Å². The summed E-state index contributed by atoms with van der Waals surface area (Å²) in [7, 11) is 0. The van der Waals surface area contributed by atoms with Crippen molar-refractivity contribution in [1.82, 2.24) is 4.90 Å². The Morgan fingerprint density at radius 1 is 1.15 bits per heavy atom. The van der Waals surface area contributed by atoms with Crippen molar-refractivity contribution in [3.8, 4) is 0 Å². The Kier molecular flexibility index (Phi) is 7.65. The van der Waals surface area contributed by atoms with Gasteiger partial charge in [-0.05, 0) is 37.5 Å². The van der Waals surface area contributed by atoms with E-state index < -0.39 is 18.0 Å². The number of hydrogen-bond acceptors (Lipinski definition) is 2. The first-order chi connectivity index (χ1) is 12.6. The van der Waals surface area contributed by atoms with Gasteiger partial charge < -0.3 is 9.80 Å². The molecular formula is C17H18Cl3F3N2O2. The van der Waals surface area contributed by atoms with Crippen molar-refractivity contribution in [1.29, 1.82) is 0 Å². The van der Waals surface area contributed by atoms with Crippen molar-refractivity contribution in [3.05, 3.63) is 28.2 Å². The largest absolute Gasteiger partial charge is 0.471 e. The van der Waals surface area contributed by atoms with Crippen LogP contribution < -0.4 is 4.90 Å². The molecular weight excluding hydrogens is 428 g/mol. The molecule has 0 bridgehead atoms. The number of carbonyl (C=O) groups is 2. The molecule has 1 aliphatic rings. The lowest BCUT2D eigenvalue weighted by Crippen LogP contribution is -2.48. The average Bonchev–Trinajstić information content (AvgIpc) is 2.63. The quantitative estimate of drug-likeness (QED) is 0.613. The van der Waals surface area contributed by atoms with Gasteiger partial charge in [-0.1, -0.05) is 23.2 Å². The molecule has 1 aliphatic heterocycles. The number of alkyl halides is 4. The Balaban J connectivity index is 2.10. The summed E-state index contributed by atoms with van der Waals surface area (Å²) in [5, 5.41) is 0.646. The van der Waals surface area contributed by atoms with E-state index in [4.69, 9.17) is 34.8 Å². The van der Waals surface area contributed by atoms with E-state index in [0.29, 0.717) is 34.6 Å². The van der Waals surface area contributed by atoms with Crippen molar-refractivity contribution in [2.45, 2.75) is 25.4 Å². The summed E-state index contributed by atoms with van der Waals surface area (Å²) in [6, 6.07) is 4.80. The van der Waals surface area contributed by atoms with Gasteiger partial charge in [0.2, 0.25) is 5.91 Å². The van der Waals surface area contributed by atoms with Crippen molar-refractivity contribution >= 4 is 52.3 Å². The fourth-order valence-electron chi connectivity index (χ4n) is 2.97. The third-order valence-corrected chi connectivity index (χ3v) is 5.38. The molecule has 1 saturated heterocycles. The number of carbonyl (C=O) groups excluding carboxylic acids is 2. The van der Waals surface area contributed by atoms with Gasteiger partial charge in [-0.15, -0.1) is 11.6 Å². The second-order valence-electron chi connectivity index (χ2n) is 6.20. The lowest BCUT2D eigenvalue weighted by molar-refractivity contribution is -0.186.